The minimum atomic E-state index is -1.23. The van der Waals surface area contributed by atoms with E-state index in [0.717, 1.165) is 25.3 Å². The van der Waals surface area contributed by atoms with Crippen LogP contribution in [0, 0.1) is 24.2 Å². The topological polar surface area (TPSA) is 216 Å². The Balaban J connectivity index is 0. The Labute approximate surface area is 424 Å². The molecule has 378 valence electrons. The summed E-state index contributed by atoms with van der Waals surface area (Å²) in [5.74, 6) is -5.32. The number of carbonyl (C=O) groups is 6. The van der Waals surface area contributed by atoms with Crippen molar-refractivity contribution < 1.29 is 110 Å². The normalized spacial score (nSPS) is 12.5. The molecule has 0 aromatic carbocycles. The Morgan fingerprint density at radius 2 is 1.14 bits per heavy atom. The molecule has 0 aliphatic heterocycles. The van der Waals surface area contributed by atoms with Crippen LogP contribution in [0.5, 0.6) is 0 Å². The van der Waals surface area contributed by atoms with E-state index in [-0.39, 0.29) is 121 Å². The molecular formula is C46H79BrNNaO17. The van der Waals surface area contributed by atoms with Gasteiger partial charge in [0, 0.05) is 26.9 Å². The summed E-state index contributed by atoms with van der Waals surface area (Å²) in [6, 6.07) is 0. The molecule has 20 heteroatoms. The maximum absolute atomic E-state index is 13.8. The zero-order chi connectivity index (χ0) is 48.6. The van der Waals surface area contributed by atoms with E-state index in [9.17, 15) is 28.8 Å². The van der Waals surface area contributed by atoms with Crippen LogP contribution in [0.4, 0.5) is 4.79 Å². The summed E-state index contributed by atoms with van der Waals surface area (Å²) in [6.07, 6.45) is 10.9. The van der Waals surface area contributed by atoms with Gasteiger partial charge in [-0.3, -0.25) is 19.2 Å². The van der Waals surface area contributed by atoms with E-state index in [1.807, 2.05) is 0 Å². The number of alkyl halides is 1. The molecule has 0 aliphatic rings. The van der Waals surface area contributed by atoms with E-state index in [1.54, 1.807) is 13.8 Å². The Morgan fingerprint density at radius 1 is 0.621 bits per heavy atom. The van der Waals surface area contributed by atoms with Gasteiger partial charge in [-0.1, -0.05) is 87.2 Å². The van der Waals surface area contributed by atoms with Gasteiger partial charge in [0.25, 0.3) is 0 Å². The number of hydrogen-bond acceptors (Lipinski definition) is 17. The predicted molar refractivity (Wildman–Crippen MR) is 244 cm³/mol. The average molecular weight is 1020 g/mol. The molecule has 0 radical (unpaired) electrons. The minimum absolute atomic E-state index is 0. The second-order valence-corrected chi connectivity index (χ2v) is 16.8. The van der Waals surface area contributed by atoms with Gasteiger partial charge in [0.15, 0.2) is 6.29 Å². The van der Waals surface area contributed by atoms with Crippen molar-refractivity contribution in [3.8, 4) is 0 Å². The Bertz CT molecular complexity index is 1310. The number of ether oxygens (including phenoxy) is 11. The van der Waals surface area contributed by atoms with Crippen LogP contribution in [0.25, 0.3) is 0 Å². The van der Waals surface area contributed by atoms with Crippen molar-refractivity contribution >= 4 is 51.9 Å². The summed E-state index contributed by atoms with van der Waals surface area (Å²) < 4.78 is 58.5. The minimum Gasteiger partial charge on any atom is -0.465 e. The fraction of sp³-hybridized carbons (Fsp3) is 0.804. The molecule has 0 fully saturated rings. The van der Waals surface area contributed by atoms with Gasteiger partial charge in [-0.05, 0) is 39.5 Å². The number of alkyl carbamates (subject to hydrolysis) is 1. The molecule has 0 aromatic rings. The molecule has 3 atom stereocenters. The van der Waals surface area contributed by atoms with Crippen molar-refractivity contribution in [1.82, 2.24) is 5.32 Å². The molecule has 1 amide bonds. The number of hydrogen-bond donors (Lipinski definition) is 1. The molecule has 0 saturated heterocycles. The van der Waals surface area contributed by atoms with Crippen molar-refractivity contribution in [1.29, 1.82) is 0 Å². The third kappa shape index (κ3) is 35.7. The first-order chi connectivity index (χ1) is 31.3. The number of methoxy groups -OCH3 is 2. The van der Waals surface area contributed by atoms with E-state index in [4.69, 9.17) is 52.1 Å². The summed E-state index contributed by atoms with van der Waals surface area (Å²) >= 11 is 3.34. The molecule has 0 aromatic heterocycles. The summed E-state index contributed by atoms with van der Waals surface area (Å²) in [4.78, 5) is 76.2. The van der Waals surface area contributed by atoms with E-state index >= 15 is 0 Å². The number of unbranched alkanes of at least 4 members (excludes halogenated alkanes) is 9. The van der Waals surface area contributed by atoms with Crippen LogP contribution in [0.1, 0.15) is 111 Å². The Kier molecular flexibility index (Phi) is 43.7. The van der Waals surface area contributed by atoms with Gasteiger partial charge in [0.1, 0.15) is 37.9 Å². The van der Waals surface area contributed by atoms with Crippen molar-refractivity contribution in [2.24, 2.45) is 17.3 Å². The molecule has 3 unspecified atom stereocenters. The number of carbonyl (C=O) groups excluding carboxylic acids is 6. The van der Waals surface area contributed by atoms with Crippen LogP contribution >= 0.6 is 15.9 Å². The maximum atomic E-state index is 13.8. The first-order valence-electron chi connectivity index (χ1n) is 22.8. The Hall–Kier alpha value is -2.36. The maximum Gasteiger partial charge on any atom is 1.00 e. The molecular weight excluding hydrogens is 941 g/mol. The number of nitrogens with one attached hydrogen (secondary N) is 1. The summed E-state index contributed by atoms with van der Waals surface area (Å²) in [5.41, 5.74) is -1.23. The molecule has 66 heavy (non-hydrogen) atoms. The SMILES string of the molecule is C=CC(=O)OCCNC(=O)OCCOC(=O)C(Br)CC(CC(CC(C)(C)C(=O)OCCOCC(OC)OC)C(=O)OCCOCCOCC[CH2-])C(=O)OCCCCCCCCCCCC.[Na+]. The third-order valence-electron chi connectivity index (χ3n) is 9.75. The van der Waals surface area contributed by atoms with Gasteiger partial charge in [0.2, 0.25) is 0 Å². The number of esters is 5. The summed E-state index contributed by atoms with van der Waals surface area (Å²) in [7, 11) is 2.95. The molecule has 0 spiro atoms. The molecule has 0 saturated carbocycles. The second kappa shape index (κ2) is 43.9. The standard InChI is InChI=1S/C46H79BrNO17.Na/c1-8-11-12-13-14-15-16-17-18-19-22-61-41(50)36(33-38(47)43(52)63-30-31-65-45(54)48-20-23-60-39(49)10-3)32-37(42(51)62-28-26-58-25-24-57-21-9-2)34-46(4,5)44(53)64-29-27-59-35-40(55-6)56-7;/h10,36-38,40H,2-3,8-9,11-35H2,1,4-7H3,(H,48,54);/q-1;+1. The zero-order valence-electron chi connectivity index (χ0n) is 40.7. The fourth-order valence-corrected chi connectivity index (χ4v) is 6.73. The van der Waals surface area contributed by atoms with Gasteiger partial charge in [0.05, 0.1) is 63.4 Å². The predicted octanol–water partition coefficient (Wildman–Crippen LogP) is 3.62. The van der Waals surface area contributed by atoms with E-state index < -0.39 is 64.3 Å². The number of halogens is 1. The molecule has 0 bridgehead atoms. The van der Waals surface area contributed by atoms with Gasteiger partial charge in [-0.25, -0.2) is 9.59 Å². The molecule has 0 rings (SSSR count). The van der Waals surface area contributed by atoms with Crippen LogP contribution in [0.3, 0.4) is 0 Å². The zero-order valence-corrected chi connectivity index (χ0v) is 44.3. The van der Waals surface area contributed by atoms with E-state index in [0.29, 0.717) is 26.1 Å². The van der Waals surface area contributed by atoms with Crippen LogP contribution < -0.4 is 34.9 Å². The van der Waals surface area contributed by atoms with Crippen LogP contribution in [-0.2, 0) is 76.1 Å². The van der Waals surface area contributed by atoms with Crippen LogP contribution in [0.2, 0.25) is 0 Å². The molecule has 1 N–H and O–H groups in total. The quantitative estimate of drug-likeness (QED) is 0.0135. The van der Waals surface area contributed by atoms with E-state index in [2.05, 4.69) is 41.7 Å². The van der Waals surface area contributed by atoms with Gasteiger partial charge in [-0.2, -0.15) is 6.42 Å². The van der Waals surface area contributed by atoms with Gasteiger partial charge < -0.3 is 64.3 Å². The molecule has 0 heterocycles. The third-order valence-corrected chi connectivity index (χ3v) is 10.5. The number of rotatable bonds is 43. The monoisotopic (exact) mass is 1020 g/mol. The van der Waals surface area contributed by atoms with Crippen LogP contribution in [0.15, 0.2) is 12.7 Å². The van der Waals surface area contributed by atoms with Gasteiger partial charge in [-0.15, -0.1) is 0 Å². The average Bonchev–Trinajstić information content (AvgIpc) is 3.29. The van der Waals surface area contributed by atoms with Crippen molar-refractivity contribution in [2.75, 3.05) is 100 Å². The van der Waals surface area contributed by atoms with Crippen molar-refractivity contribution in [3.63, 3.8) is 0 Å². The fourth-order valence-electron chi connectivity index (χ4n) is 6.15. The smallest absolute Gasteiger partial charge is 0.465 e. The van der Waals surface area contributed by atoms with Crippen molar-refractivity contribution in [2.45, 2.75) is 122 Å². The Morgan fingerprint density at radius 3 is 1.76 bits per heavy atom. The summed E-state index contributed by atoms with van der Waals surface area (Å²) in [6.45, 7) is 13.2. The van der Waals surface area contributed by atoms with E-state index in [1.165, 1.54) is 52.7 Å². The number of amides is 1. The molecule has 18 nitrogen and oxygen atoms in total. The van der Waals surface area contributed by atoms with Crippen molar-refractivity contribution in [3.05, 3.63) is 19.6 Å². The van der Waals surface area contributed by atoms with Crippen LogP contribution in [-0.4, -0.2) is 147 Å². The van der Waals surface area contributed by atoms with Gasteiger partial charge >= 0.3 is 65.5 Å². The molecule has 0 aliphatic carbocycles. The first kappa shape index (κ1) is 65.7. The second-order valence-electron chi connectivity index (χ2n) is 15.7. The largest absolute Gasteiger partial charge is 1.00 e. The first-order valence-corrected chi connectivity index (χ1v) is 23.8. The summed E-state index contributed by atoms with van der Waals surface area (Å²) in [5, 5.41) is 2.39.